The molecule has 10 heteroatoms. The Kier molecular flexibility index (Phi) is 8.64. The van der Waals surface area contributed by atoms with Gasteiger partial charge < -0.3 is 21.1 Å². The number of esters is 1. The first-order chi connectivity index (χ1) is 17.4. The number of anilines is 2. The number of urea groups is 1. The van der Waals surface area contributed by atoms with Gasteiger partial charge >= 0.3 is 12.0 Å². The molecular weight excluding hydrogens is 499 g/mol. The Balaban J connectivity index is 0.00000380. The van der Waals surface area contributed by atoms with Crippen LogP contribution >= 0.6 is 12.4 Å². The average Bonchev–Trinajstić information content (AvgIpc) is 3.24. The van der Waals surface area contributed by atoms with Gasteiger partial charge in [-0.1, -0.05) is 24.1 Å². The van der Waals surface area contributed by atoms with Crippen molar-refractivity contribution in [1.29, 1.82) is 0 Å². The number of nitrogens with one attached hydrogen (secondary N) is 2. The van der Waals surface area contributed by atoms with Gasteiger partial charge in [-0.3, -0.25) is 14.2 Å². The summed E-state index contributed by atoms with van der Waals surface area (Å²) in [5.41, 5.74) is 7.78. The molecule has 4 rings (SSSR count). The molecule has 1 heterocycles. The van der Waals surface area contributed by atoms with Crippen molar-refractivity contribution in [3.63, 3.8) is 0 Å². The highest BCUT2D eigenvalue weighted by molar-refractivity contribution is 6.10. The molecule has 0 bridgehead atoms. The summed E-state index contributed by atoms with van der Waals surface area (Å²) in [4.78, 5) is 37.6. The first-order valence-corrected chi connectivity index (χ1v) is 10.8. The fraction of sp³-hybridized carbons (Fsp3) is 0.0741. The van der Waals surface area contributed by atoms with Gasteiger partial charge in [-0.05, 0) is 48.5 Å². The lowest BCUT2D eigenvalue weighted by atomic mass is 10.1. The second-order valence-electron chi connectivity index (χ2n) is 7.70. The van der Waals surface area contributed by atoms with Crippen LogP contribution in [0.15, 0.2) is 72.9 Å². The maximum atomic E-state index is 14.1. The number of fused-ring (bicyclic) bond motifs is 1. The summed E-state index contributed by atoms with van der Waals surface area (Å²) in [7, 11) is 0. The number of nitrogens with two attached hydrogens (primary N) is 1. The van der Waals surface area contributed by atoms with Crippen LogP contribution in [0.3, 0.4) is 0 Å². The van der Waals surface area contributed by atoms with Crippen LogP contribution in [0.4, 0.5) is 20.6 Å². The summed E-state index contributed by atoms with van der Waals surface area (Å²) in [6, 6.07) is 16.6. The lowest BCUT2D eigenvalue weighted by molar-refractivity contribution is -0.143. The predicted molar refractivity (Wildman–Crippen MR) is 141 cm³/mol. The van der Waals surface area contributed by atoms with Gasteiger partial charge in [0.05, 0.1) is 17.7 Å². The molecule has 0 saturated heterocycles. The van der Waals surface area contributed by atoms with E-state index in [-0.39, 0.29) is 36.8 Å². The largest absolute Gasteiger partial charge is 0.460 e. The zero-order valence-electron chi connectivity index (χ0n) is 19.4. The molecule has 0 radical (unpaired) electrons. The van der Waals surface area contributed by atoms with Gasteiger partial charge in [-0.25, -0.2) is 9.18 Å². The molecule has 0 saturated carbocycles. The second-order valence-corrected chi connectivity index (χ2v) is 7.70. The third-order valence-electron chi connectivity index (χ3n) is 5.35. The van der Waals surface area contributed by atoms with Crippen molar-refractivity contribution >= 4 is 52.6 Å². The van der Waals surface area contributed by atoms with E-state index < -0.39 is 23.7 Å². The van der Waals surface area contributed by atoms with Gasteiger partial charge in [0.25, 0.3) is 5.91 Å². The highest BCUT2D eigenvalue weighted by Gasteiger charge is 2.20. The number of terminal acetylenes is 1. The first kappa shape index (κ1) is 26.9. The molecule has 188 valence electrons. The van der Waals surface area contributed by atoms with E-state index >= 15 is 0 Å². The summed E-state index contributed by atoms with van der Waals surface area (Å²) in [6.07, 6.45) is 6.76. The van der Waals surface area contributed by atoms with Crippen LogP contribution in [0.1, 0.15) is 21.5 Å². The smallest absolute Gasteiger partial charge is 0.323 e. The van der Waals surface area contributed by atoms with Crippen LogP contribution < -0.4 is 16.4 Å². The van der Waals surface area contributed by atoms with Gasteiger partial charge in [-0.2, -0.15) is 0 Å². The quantitative estimate of drug-likeness (QED) is 0.255. The van der Waals surface area contributed by atoms with E-state index in [0.29, 0.717) is 27.7 Å². The molecule has 0 unspecified atom stereocenters. The summed E-state index contributed by atoms with van der Waals surface area (Å²) in [5, 5.41) is 5.66. The van der Waals surface area contributed by atoms with Crippen LogP contribution in [-0.4, -0.2) is 29.0 Å². The monoisotopic (exact) mass is 520 g/mol. The zero-order valence-corrected chi connectivity index (χ0v) is 20.2. The van der Waals surface area contributed by atoms with Gasteiger partial charge in [0.15, 0.2) is 0 Å². The Morgan fingerprint density at radius 1 is 1.03 bits per heavy atom. The number of hydrogen-bond donors (Lipinski definition) is 3. The molecule has 37 heavy (non-hydrogen) atoms. The lowest BCUT2D eigenvalue weighted by Crippen LogP contribution is -2.19. The van der Waals surface area contributed by atoms with E-state index in [1.165, 1.54) is 29.0 Å². The van der Waals surface area contributed by atoms with E-state index in [0.717, 1.165) is 0 Å². The minimum Gasteiger partial charge on any atom is -0.460 e. The summed E-state index contributed by atoms with van der Waals surface area (Å²) in [5.74, 6) is 0.899. The molecule has 8 nitrogen and oxygen atoms in total. The number of benzene rings is 3. The number of rotatable bonds is 6. The third-order valence-corrected chi connectivity index (χ3v) is 5.35. The van der Waals surface area contributed by atoms with Crippen molar-refractivity contribution < 1.29 is 23.5 Å². The maximum absolute atomic E-state index is 14.1. The first-order valence-electron chi connectivity index (χ1n) is 10.8. The number of hydrogen-bond acceptors (Lipinski definition) is 5. The standard InChI is InChI=1S/C27H21FN4O4.ClH/c1-2-17-7-10-20(11-8-17)30-27(35)31-23-15-32(24-12-9-19(28)13-22(23)24)26(34)21-6-4-3-5-18(21)16-36-25(33)14-29;/h1,3-13,15H,14,16,29H2,(H2,30,31,35);1H. The van der Waals surface area contributed by atoms with Crippen LogP contribution in [0.2, 0.25) is 0 Å². The lowest BCUT2D eigenvalue weighted by Gasteiger charge is -2.10. The number of carbonyl (C=O) groups is 3. The van der Waals surface area contributed by atoms with Crippen LogP contribution in [0.5, 0.6) is 0 Å². The van der Waals surface area contributed by atoms with Gasteiger partial charge in [0.1, 0.15) is 12.4 Å². The number of amides is 2. The number of halogens is 2. The van der Waals surface area contributed by atoms with E-state index in [1.807, 2.05) is 0 Å². The van der Waals surface area contributed by atoms with E-state index in [4.69, 9.17) is 16.9 Å². The molecule has 2 amide bonds. The Bertz CT molecular complexity index is 1510. The predicted octanol–water partition coefficient (Wildman–Crippen LogP) is 4.52. The molecular formula is C27H22ClFN4O4. The number of nitrogens with zero attached hydrogens (tertiary/aromatic N) is 1. The molecule has 0 spiro atoms. The fourth-order valence-electron chi connectivity index (χ4n) is 3.61. The molecule has 0 aliphatic carbocycles. The average molecular weight is 521 g/mol. The Labute approximate surface area is 218 Å². The zero-order chi connectivity index (χ0) is 25.7. The molecule has 1 aromatic heterocycles. The van der Waals surface area contributed by atoms with E-state index in [1.54, 1.807) is 48.5 Å². The minimum absolute atomic E-state index is 0. The van der Waals surface area contributed by atoms with E-state index in [9.17, 15) is 18.8 Å². The summed E-state index contributed by atoms with van der Waals surface area (Å²) < 4.78 is 20.5. The van der Waals surface area contributed by atoms with Crippen molar-refractivity contribution in [1.82, 2.24) is 4.57 Å². The molecule has 4 N–H and O–H groups in total. The Morgan fingerprint density at radius 2 is 1.76 bits per heavy atom. The van der Waals surface area contributed by atoms with Crippen molar-refractivity contribution in [3.05, 3.63) is 95.4 Å². The Morgan fingerprint density at radius 3 is 2.46 bits per heavy atom. The normalized spacial score (nSPS) is 10.2. The highest BCUT2D eigenvalue weighted by Crippen LogP contribution is 2.28. The number of aromatic nitrogens is 1. The highest BCUT2D eigenvalue weighted by atomic mass is 35.5. The van der Waals surface area contributed by atoms with E-state index in [2.05, 4.69) is 16.6 Å². The number of ether oxygens (including phenoxy) is 1. The van der Waals surface area contributed by atoms with Crippen molar-refractivity contribution in [2.75, 3.05) is 17.2 Å². The third kappa shape index (κ3) is 6.13. The molecule has 3 aromatic carbocycles. The van der Waals surface area contributed by atoms with Gasteiger partial charge in [0.2, 0.25) is 0 Å². The minimum atomic E-state index is -0.606. The van der Waals surface area contributed by atoms with Crippen LogP contribution in [0.25, 0.3) is 10.9 Å². The molecule has 0 aliphatic rings. The van der Waals surface area contributed by atoms with Gasteiger partial charge in [0, 0.05) is 34.0 Å². The molecule has 0 fully saturated rings. The molecule has 0 aliphatic heterocycles. The molecule has 4 aromatic rings. The van der Waals surface area contributed by atoms with Crippen molar-refractivity contribution in [2.24, 2.45) is 5.73 Å². The molecule has 0 atom stereocenters. The summed E-state index contributed by atoms with van der Waals surface area (Å²) in [6.45, 7) is -0.424. The maximum Gasteiger partial charge on any atom is 0.323 e. The topological polar surface area (TPSA) is 115 Å². The fourth-order valence-corrected chi connectivity index (χ4v) is 3.61. The van der Waals surface area contributed by atoms with Crippen LogP contribution in [-0.2, 0) is 16.1 Å². The number of carbonyl (C=O) groups excluding carboxylic acids is 3. The van der Waals surface area contributed by atoms with Gasteiger partial charge in [-0.15, -0.1) is 18.8 Å². The van der Waals surface area contributed by atoms with Crippen molar-refractivity contribution in [3.8, 4) is 12.3 Å². The Hall–Kier alpha value is -4.65. The van der Waals surface area contributed by atoms with Crippen LogP contribution in [0, 0.1) is 18.2 Å². The van der Waals surface area contributed by atoms with Crippen molar-refractivity contribution in [2.45, 2.75) is 6.61 Å². The second kappa shape index (κ2) is 11.9. The SMILES string of the molecule is C#Cc1ccc(NC(=O)Nc2cn(C(=O)c3ccccc3COC(=O)CN)c3ccc(F)cc23)cc1.Cl. The summed E-state index contributed by atoms with van der Waals surface area (Å²) >= 11 is 0.